The van der Waals surface area contributed by atoms with Crippen LogP contribution < -0.4 is 4.74 Å². The minimum atomic E-state index is -0.412. The lowest BCUT2D eigenvalue weighted by molar-refractivity contribution is -0.134. The summed E-state index contributed by atoms with van der Waals surface area (Å²) in [7, 11) is 2.11. The Balaban J connectivity index is 1.58. The average Bonchev–Trinajstić information content (AvgIpc) is 2.80. The monoisotopic (exact) mass is 385 g/mol. The molecule has 152 valence electrons. The summed E-state index contributed by atoms with van der Waals surface area (Å²) in [6, 6.07) is 7.46. The van der Waals surface area contributed by atoms with Crippen molar-refractivity contribution in [3.05, 3.63) is 29.8 Å². The van der Waals surface area contributed by atoms with E-state index in [9.17, 15) is 9.59 Å². The summed E-state index contributed by atoms with van der Waals surface area (Å²) in [5.41, 5.74) is 0.155. The maximum absolute atomic E-state index is 13.3. The van der Waals surface area contributed by atoms with E-state index in [1.165, 1.54) is 6.42 Å². The summed E-state index contributed by atoms with van der Waals surface area (Å²) in [5.74, 6) is 1.15. The minimum absolute atomic E-state index is 0.0577. The van der Waals surface area contributed by atoms with Crippen molar-refractivity contribution in [3.63, 3.8) is 0 Å². The first-order valence-electron chi connectivity index (χ1n) is 10.5. The third kappa shape index (κ3) is 3.88. The van der Waals surface area contributed by atoms with E-state index < -0.39 is 5.60 Å². The van der Waals surface area contributed by atoms with Crippen molar-refractivity contribution < 1.29 is 14.3 Å². The molecule has 6 heteroatoms. The molecule has 0 aliphatic carbocycles. The summed E-state index contributed by atoms with van der Waals surface area (Å²) in [6.45, 7) is 6.26. The van der Waals surface area contributed by atoms with Crippen LogP contribution in [0.1, 0.15) is 43.0 Å². The number of hydrogen-bond acceptors (Lipinski definition) is 4. The number of benzene rings is 1. The molecule has 1 aromatic rings. The van der Waals surface area contributed by atoms with Gasteiger partial charge in [-0.05, 0) is 37.9 Å². The quantitative estimate of drug-likeness (QED) is 0.784. The highest BCUT2D eigenvalue weighted by atomic mass is 16.5. The van der Waals surface area contributed by atoms with Gasteiger partial charge < -0.3 is 19.4 Å². The lowest BCUT2D eigenvalue weighted by atomic mass is 9.90. The highest BCUT2D eigenvalue weighted by Crippen LogP contribution is 2.35. The van der Waals surface area contributed by atoms with Crippen molar-refractivity contribution in [3.8, 4) is 5.75 Å². The van der Waals surface area contributed by atoms with Gasteiger partial charge >= 0.3 is 0 Å². The Labute approximate surface area is 167 Å². The van der Waals surface area contributed by atoms with Gasteiger partial charge in [0.25, 0.3) is 5.91 Å². The SMILES string of the molecule is CC1CCCN(C(=O)CN2CC3(CCN(C)CC3)Oc3ccccc3C2=O)C1. The van der Waals surface area contributed by atoms with Crippen LogP contribution in [0.25, 0.3) is 0 Å². The van der Waals surface area contributed by atoms with Crippen molar-refractivity contribution in [2.75, 3.05) is 46.3 Å². The minimum Gasteiger partial charge on any atom is -0.484 e. The van der Waals surface area contributed by atoms with Gasteiger partial charge in [-0.25, -0.2) is 0 Å². The molecule has 1 aromatic carbocycles. The van der Waals surface area contributed by atoms with Crippen LogP contribution in [0.2, 0.25) is 0 Å². The number of para-hydroxylation sites is 1. The summed E-state index contributed by atoms with van der Waals surface area (Å²) >= 11 is 0. The van der Waals surface area contributed by atoms with E-state index in [-0.39, 0.29) is 18.4 Å². The molecule has 3 heterocycles. The molecule has 2 amide bonds. The van der Waals surface area contributed by atoms with Crippen molar-refractivity contribution in [2.45, 2.75) is 38.2 Å². The zero-order valence-corrected chi connectivity index (χ0v) is 17.0. The Morgan fingerprint density at radius 1 is 1.21 bits per heavy atom. The van der Waals surface area contributed by atoms with Crippen molar-refractivity contribution in [1.82, 2.24) is 14.7 Å². The molecule has 1 unspecified atom stereocenters. The number of piperidine rings is 2. The van der Waals surface area contributed by atoms with Crippen LogP contribution in [-0.4, -0.2) is 78.4 Å². The van der Waals surface area contributed by atoms with Gasteiger partial charge in [-0.1, -0.05) is 19.1 Å². The van der Waals surface area contributed by atoms with Crippen LogP contribution in [0.3, 0.4) is 0 Å². The zero-order valence-electron chi connectivity index (χ0n) is 17.0. The lowest BCUT2D eigenvalue weighted by Crippen LogP contribution is -2.55. The number of likely N-dealkylation sites (tertiary alicyclic amines) is 2. The Morgan fingerprint density at radius 3 is 2.71 bits per heavy atom. The highest BCUT2D eigenvalue weighted by Gasteiger charge is 2.43. The molecular formula is C22H31N3O3. The smallest absolute Gasteiger partial charge is 0.258 e. The fourth-order valence-electron chi connectivity index (χ4n) is 4.68. The highest BCUT2D eigenvalue weighted by molar-refractivity contribution is 5.99. The van der Waals surface area contributed by atoms with Gasteiger partial charge in [-0.3, -0.25) is 9.59 Å². The number of carbonyl (C=O) groups is 2. The molecule has 2 saturated heterocycles. The molecule has 0 radical (unpaired) electrons. The summed E-state index contributed by atoms with van der Waals surface area (Å²) in [4.78, 5) is 32.2. The zero-order chi connectivity index (χ0) is 19.7. The number of hydrogen-bond donors (Lipinski definition) is 0. The van der Waals surface area contributed by atoms with E-state index in [4.69, 9.17) is 4.74 Å². The summed E-state index contributed by atoms with van der Waals surface area (Å²) in [6.07, 6.45) is 3.93. The van der Waals surface area contributed by atoms with Crippen molar-refractivity contribution in [2.24, 2.45) is 5.92 Å². The van der Waals surface area contributed by atoms with Gasteiger partial charge in [0.15, 0.2) is 0 Å². The van der Waals surface area contributed by atoms with Gasteiger partial charge in [-0.2, -0.15) is 0 Å². The fourth-order valence-corrected chi connectivity index (χ4v) is 4.68. The van der Waals surface area contributed by atoms with Crippen molar-refractivity contribution >= 4 is 11.8 Å². The standard InChI is InChI=1S/C22H31N3O3/c1-17-6-5-11-24(14-17)20(26)15-25-16-22(9-12-23(2)13-10-22)28-19-8-4-3-7-18(19)21(25)27/h3-4,7-8,17H,5-6,9-16H2,1-2H3. The van der Waals surface area contributed by atoms with Crippen LogP contribution in [0, 0.1) is 5.92 Å². The first kappa shape index (κ1) is 19.2. The molecule has 4 rings (SSSR count). The number of fused-ring (bicyclic) bond motifs is 1. The van der Waals surface area contributed by atoms with Crippen LogP contribution in [-0.2, 0) is 4.79 Å². The molecule has 1 spiro atoms. The number of amides is 2. The Bertz CT molecular complexity index is 742. The number of carbonyl (C=O) groups excluding carboxylic acids is 2. The van der Waals surface area contributed by atoms with Crippen molar-refractivity contribution in [1.29, 1.82) is 0 Å². The number of nitrogens with zero attached hydrogens (tertiary/aromatic N) is 3. The third-order valence-electron chi connectivity index (χ3n) is 6.44. The van der Waals surface area contributed by atoms with E-state index in [1.54, 1.807) is 4.90 Å². The maximum Gasteiger partial charge on any atom is 0.258 e. The van der Waals surface area contributed by atoms with Gasteiger partial charge in [0.1, 0.15) is 17.9 Å². The first-order chi connectivity index (χ1) is 13.5. The number of rotatable bonds is 2. The average molecular weight is 386 g/mol. The van der Waals surface area contributed by atoms with Gasteiger partial charge in [0.2, 0.25) is 5.91 Å². The second-order valence-electron chi connectivity index (χ2n) is 8.83. The topological polar surface area (TPSA) is 53.1 Å². The molecule has 0 aromatic heterocycles. The summed E-state index contributed by atoms with van der Waals surface area (Å²) < 4.78 is 6.46. The predicted molar refractivity (Wildman–Crippen MR) is 107 cm³/mol. The normalized spacial score (nSPS) is 25.2. The Morgan fingerprint density at radius 2 is 1.96 bits per heavy atom. The molecule has 3 aliphatic rings. The van der Waals surface area contributed by atoms with E-state index in [0.717, 1.165) is 45.4 Å². The van der Waals surface area contributed by atoms with Gasteiger partial charge in [0.05, 0.1) is 12.1 Å². The molecule has 0 saturated carbocycles. The lowest BCUT2D eigenvalue weighted by Gasteiger charge is -2.42. The molecule has 6 nitrogen and oxygen atoms in total. The Kier molecular flexibility index (Phi) is 5.32. The van der Waals surface area contributed by atoms with Crippen LogP contribution in [0.4, 0.5) is 0 Å². The largest absolute Gasteiger partial charge is 0.484 e. The summed E-state index contributed by atoms with van der Waals surface area (Å²) in [5, 5.41) is 0. The molecular weight excluding hydrogens is 354 g/mol. The van der Waals surface area contributed by atoms with Crippen LogP contribution in [0.15, 0.2) is 24.3 Å². The second-order valence-corrected chi connectivity index (χ2v) is 8.83. The Hall–Kier alpha value is -2.08. The predicted octanol–water partition coefficient (Wildman–Crippen LogP) is 2.24. The fraction of sp³-hybridized carbons (Fsp3) is 0.636. The molecule has 2 fully saturated rings. The van der Waals surface area contributed by atoms with E-state index in [1.807, 2.05) is 29.2 Å². The second kappa shape index (κ2) is 7.74. The first-order valence-corrected chi connectivity index (χ1v) is 10.5. The molecule has 1 atom stereocenters. The molecule has 28 heavy (non-hydrogen) atoms. The van der Waals surface area contributed by atoms with Gasteiger partial charge in [0, 0.05) is 39.0 Å². The van der Waals surface area contributed by atoms with Gasteiger partial charge in [-0.15, -0.1) is 0 Å². The van der Waals surface area contributed by atoms with E-state index in [0.29, 0.717) is 23.8 Å². The van der Waals surface area contributed by atoms with Crippen LogP contribution >= 0.6 is 0 Å². The number of ether oxygens (including phenoxy) is 1. The molecule has 0 N–H and O–H groups in total. The molecule has 0 bridgehead atoms. The molecule has 3 aliphatic heterocycles. The van der Waals surface area contributed by atoms with Crippen LogP contribution in [0.5, 0.6) is 5.75 Å². The maximum atomic E-state index is 13.3. The third-order valence-corrected chi connectivity index (χ3v) is 6.44. The van der Waals surface area contributed by atoms with E-state index in [2.05, 4.69) is 18.9 Å². The van der Waals surface area contributed by atoms with E-state index >= 15 is 0 Å².